The number of hydrogen-bond donors (Lipinski definition) is 1. The standard InChI is InChI=1S/C20H23N3O2/c1-3-14(2)20(25)23-13-16-7-5-4-6-15(16)12-18(23)19(24)22-17-8-10-21-11-9-17/h4-11,14,18H,3,12-13H2,1-2H3,(H,21,22,24)/t14-,18-/m1/s1. The van der Waals surface area contributed by atoms with E-state index in [-0.39, 0.29) is 17.7 Å². The van der Waals surface area contributed by atoms with Gasteiger partial charge in [-0.15, -0.1) is 0 Å². The van der Waals surface area contributed by atoms with Gasteiger partial charge in [0.15, 0.2) is 0 Å². The zero-order valence-corrected chi connectivity index (χ0v) is 14.6. The average Bonchev–Trinajstić information content (AvgIpc) is 2.66. The number of nitrogens with one attached hydrogen (secondary N) is 1. The highest BCUT2D eigenvalue weighted by atomic mass is 16.2. The Morgan fingerprint density at radius 3 is 2.56 bits per heavy atom. The van der Waals surface area contributed by atoms with Gasteiger partial charge in [0.25, 0.3) is 0 Å². The second-order valence-electron chi connectivity index (χ2n) is 6.49. The largest absolute Gasteiger partial charge is 0.326 e. The Kier molecular flexibility index (Phi) is 5.12. The Morgan fingerprint density at radius 1 is 1.20 bits per heavy atom. The molecule has 0 bridgehead atoms. The van der Waals surface area contributed by atoms with E-state index in [4.69, 9.17) is 0 Å². The summed E-state index contributed by atoms with van der Waals surface area (Å²) in [7, 11) is 0. The first-order valence-electron chi connectivity index (χ1n) is 8.68. The van der Waals surface area contributed by atoms with Gasteiger partial charge in [0.05, 0.1) is 0 Å². The lowest BCUT2D eigenvalue weighted by atomic mass is 9.92. The number of aromatic nitrogens is 1. The average molecular weight is 337 g/mol. The van der Waals surface area contributed by atoms with E-state index in [0.717, 1.165) is 17.5 Å². The van der Waals surface area contributed by atoms with Crippen molar-refractivity contribution in [3.63, 3.8) is 0 Å². The van der Waals surface area contributed by atoms with E-state index in [1.807, 2.05) is 38.1 Å². The van der Waals surface area contributed by atoms with Gasteiger partial charge in [-0.05, 0) is 29.7 Å². The molecule has 1 aromatic carbocycles. The Bertz CT molecular complexity index is 761. The Hall–Kier alpha value is -2.69. The summed E-state index contributed by atoms with van der Waals surface area (Å²) in [4.78, 5) is 31.4. The SMILES string of the molecule is CC[C@@H](C)C(=O)N1Cc2ccccc2C[C@@H]1C(=O)Nc1ccncc1. The topological polar surface area (TPSA) is 62.3 Å². The molecule has 0 radical (unpaired) electrons. The van der Waals surface area contributed by atoms with Crippen LogP contribution in [0.15, 0.2) is 48.8 Å². The van der Waals surface area contributed by atoms with Crippen LogP contribution in [0, 0.1) is 5.92 Å². The lowest BCUT2D eigenvalue weighted by Crippen LogP contribution is -2.52. The molecule has 1 N–H and O–H groups in total. The van der Waals surface area contributed by atoms with Crippen molar-refractivity contribution in [1.29, 1.82) is 0 Å². The van der Waals surface area contributed by atoms with E-state index >= 15 is 0 Å². The summed E-state index contributed by atoms with van der Waals surface area (Å²) in [6.45, 7) is 4.39. The lowest BCUT2D eigenvalue weighted by Gasteiger charge is -2.37. The summed E-state index contributed by atoms with van der Waals surface area (Å²) < 4.78 is 0. The van der Waals surface area contributed by atoms with Gasteiger partial charge in [-0.25, -0.2) is 0 Å². The van der Waals surface area contributed by atoms with Crippen LogP contribution < -0.4 is 5.32 Å². The van der Waals surface area contributed by atoms with Crippen LogP contribution in [0.3, 0.4) is 0 Å². The normalized spacial score (nSPS) is 17.5. The van der Waals surface area contributed by atoms with Gasteiger partial charge in [0.2, 0.25) is 11.8 Å². The smallest absolute Gasteiger partial charge is 0.247 e. The number of nitrogens with zero attached hydrogens (tertiary/aromatic N) is 2. The quantitative estimate of drug-likeness (QED) is 0.933. The number of benzene rings is 1. The van der Waals surface area contributed by atoms with Crippen LogP contribution in [0.25, 0.3) is 0 Å². The number of carbonyl (C=O) groups excluding carboxylic acids is 2. The maximum absolute atomic E-state index is 12.9. The van der Waals surface area contributed by atoms with Gasteiger partial charge in [0, 0.05) is 37.0 Å². The lowest BCUT2D eigenvalue weighted by molar-refractivity contribution is -0.143. The maximum atomic E-state index is 12.9. The van der Waals surface area contributed by atoms with Crippen molar-refractivity contribution in [3.05, 3.63) is 59.9 Å². The van der Waals surface area contributed by atoms with Gasteiger partial charge >= 0.3 is 0 Å². The Morgan fingerprint density at radius 2 is 1.88 bits per heavy atom. The number of carbonyl (C=O) groups is 2. The summed E-state index contributed by atoms with van der Waals surface area (Å²) >= 11 is 0. The van der Waals surface area contributed by atoms with Gasteiger partial charge in [-0.1, -0.05) is 38.1 Å². The van der Waals surface area contributed by atoms with Crippen LogP contribution in [0.2, 0.25) is 0 Å². The minimum atomic E-state index is -0.496. The van der Waals surface area contributed by atoms with Crippen LogP contribution in [0.5, 0.6) is 0 Å². The number of hydrogen-bond acceptors (Lipinski definition) is 3. The predicted octanol–water partition coefficient (Wildman–Crippen LogP) is 3.02. The number of anilines is 1. The van der Waals surface area contributed by atoms with Crippen LogP contribution in [0.4, 0.5) is 5.69 Å². The van der Waals surface area contributed by atoms with Crippen LogP contribution in [-0.2, 0) is 22.6 Å². The molecular weight excluding hydrogens is 314 g/mol. The molecule has 5 heteroatoms. The van der Waals surface area contributed by atoms with E-state index in [2.05, 4.69) is 10.3 Å². The molecule has 0 fully saturated rings. The number of amides is 2. The van der Waals surface area contributed by atoms with Crippen molar-refractivity contribution in [2.45, 2.75) is 39.3 Å². The van der Waals surface area contributed by atoms with E-state index in [1.54, 1.807) is 29.4 Å². The Balaban J connectivity index is 1.87. The van der Waals surface area contributed by atoms with Crippen molar-refractivity contribution < 1.29 is 9.59 Å². The molecule has 1 aromatic heterocycles. The Labute approximate surface area is 148 Å². The highest BCUT2D eigenvalue weighted by Gasteiger charge is 2.35. The third kappa shape index (κ3) is 3.71. The van der Waals surface area contributed by atoms with E-state index < -0.39 is 6.04 Å². The maximum Gasteiger partial charge on any atom is 0.247 e. The number of pyridine rings is 1. The molecule has 0 saturated carbocycles. The first-order chi connectivity index (χ1) is 12.1. The molecule has 1 aliphatic rings. The van der Waals surface area contributed by atoms with Gasteiger partial charge in [-0.3, -0.25) is 14.6 Å². The molecule has 0 aliphatic carbocycles. The third-order valence-corrected chi connectivity index (χ3v) is 4.82. The zero-order valence-electron chi connectivity index (χ0n) is 14.6. The molecule has 130 valence electrons. The predicted molar refractivity (Wildman–Crippen MR) is 96.8 cm³/mol. The summed E-state index contributed by atoms with van der Waals surface area (Å²) in [5.41, 5.74) is 2.94. The van der Waals surface area contributed by atoms with Gasteiger partial charge in [-0.2, -0.15) is 0 Å². The van der Waals surface area contributed by atoms with Crippen LogP contribution in [-0.4, -0.2) is 27.7 Å². The summed E-state index contributed by atoms with van der Waals surface area (Å²) in [5.74, 6) is -0.217. The first-order valence-corrected chi connectivity index (χ1v) is 8.68. The second kappa shape index (κ2) is 7.47. The van der Waals surface area contributed by atoms with E-state index in [0.29, 0.717) is 18.7 Å². The molecule has 2 atom stereocenters. The van der Waals surface area contributed by atoms with Crippen molar-refractivity contribution >= 4 is 17.5 Å². The van der Waals surface area contributed by atoms with Crippen LogP contribution in [0.1, 0.15) is 31.4 Å². The molecule has 0 unspecified atom stereocenters. The molecule has 0 saturated heterocycles. The molecule has 2 amide bonds. The number of fused-ring (bicyclic) bond motifs is 1. The zero-order chi connectivity index (χ0) is 17.8. The minimum Gasteiger partial charge on any atom is -0.326 e. The number of rotatable bonds is 4. The van der Waals surface area contributed by atoms with E-state index in [9.17, 15) is 9.59 Å². The molecule has 3 rings (SSSR count). The summed E-state index contributed by atoms with van der Waals surface area (Å²) in [5, 5.41) is 2.91. The highest BCUT2D eigenvalue weighted by Crippen LogP contribution is 2.26. The van der Waals surface area contributed by atoms with Crippen LogP contribution >= 0.6 is 0 Å². The van der Waals surface area contributed by atoms with Gasteiger partial charge < -0.3 is 10.2 Å². The van der Waals surface area contributed by atoms with Crippen molar-refractivity contribution in [3.8, 4) is 0 Å². The van der Waals surface area contributed by atoms with E-state index in [1.165, 1.54) is 0 Å². The van der Waals surface area contributed by atoms with Crippen molar-refractivity contribution in [2.24, 2.45) is 5.92 Å². The fourth-order valence-corrected chi connectivity index (χ4v) is 3.11. The monoisotopic (exact) mass is 337 g/mol. The second-order valence-corrected chi connectivity index (χ2v) is 6.49. The van der Waals surface area contributed by atoms with Crippen molar-refractivity contribution in [2.75, 3.05) is 5.32 Å². The highest BCUT2D eigenvalue weighted by molar-refractivity contribution is 5.97. The fraction of sp³-hybridized carbons (Fsp3) is 0.350. The minimum absolute atomic E-state index is 0.0341. The molecule has 25 heavy (non-hydrogen) atoms. The fourth-order valence-electron chi connectivity index (χ4n) is 3.11. The first kappa shape index (κ1) is 17.1. The molecule has 0 spiro atoms. The van der Waals surface area contributed by atoms with Crippen molar-refractivity contribution in [1.82, 2.24) is 9.88 Å². The molecule has 2 aromatic rings. The molecular formula is C20H23N3O2. The summed E-state index contributed by atoms with van der Waals surface area (Å²) in [6, 6.07) is 11.0. The summed E-state index contributed by atoms with van der Waals surface area (Å²) in [6.07, 6.45) is 4.56. The van der Waals surface area contributed by atoms with Gasteiger partial charge in [0.1, 0.15) is 6.04 Å². The molecule has 1 aliphatic heterocycles. The molecule has 5 nitrogen and oxygen atoms in total. The molecule has 2 heterocycles. The third-order valence-electron chi connectivity index (χ3n) is 4.82.